The standard InChI is InChI=1S/C19H29N3O5S/c1-5-27-18(24)22-11-9-14(10-12-22)17(23)20-15-7-6-8-16(13-15)28(25,26)21-19(2,3)4/h6-8,13-14,21H,5,9-12H2,1-4H3,(H,20,23). The number of carbonyl (C=O) groups excluding carboxylic acids is 2. The first-order chi connectivity index (χ1) is 13.0. The predicted molar refractivity (Wildman–Crippen MR) is 106 cm³/mol. The quantitative estimate of drug-likeness (QED) is 0.775. The number of nitrogens with zero attached hydrogens (tertiary/aromatic N) is 1. The van der Waals surface area contributed by atoms with Crippen molar-refractivity contribution in [2.75, 3.05) is 25.0 Å². The average Bonchev–Trinajstić information content (AvgIpc) is 2.60. The Balaban J connectivity index is 1.99. The molecular weight excluding hydrogens is 382 g/mol. The molecule has 0 radical (unpaired) electrons. The Morgan fingerprint density at radius 3 is 2.43 bits per heavy atom. The smallest absolute Gasteiger partial charge is 0.409 e. The Labute approximate surface area is 166 Å². The number of piperidine rings is 1. The molecule has 2 N–H and O–H groups in total. The molecule has 0 atom stereocenters. The third-order valence-electron chi connectivity index (χ3n) is 4.24. The minimum Gasteiger partial charge on any atom is -0.450 e. The van der Waals surface area contributed by atoms with Gasteiger partial charge in [0.1, 0.15) is 0 Å². The van der Waals surface area contributed by atoms with E-state index < -0.39 is 15.6 Å². The van der Waals surface area contributed by atoms with Crippen molar-refractivity contribution in [2.45, 2.75) is 51.0 Å². The number of ether oxygens (including phenoxy) is 1. The van der Waals surface area contributed by atoms with Gasteiger partial charge in [-0.3, -0.25) is 4.79 Å². The van der Waals surface area contributed by atoms with Crippen molar-refractivity contribution in [1.29, 1.82) is 0 Å². The zero-order chi connectivity index (χ0) is 20.9. The second-order valence-electron chi connectivity index (χ2n) is 7.83. The van der Waals surface area contributed by atoms with Gasteiger partial charge >= 0.3 is 6.09 Å². The van der Waals surface area contributed by atoms with Crippen LogP contribution in [0.2, 0.25) is 0 Å². The molecule has 156 valence electrons. The van der Waals surface area contributed by atoms with Crippen molar-refractivity contribution < 1.29 is 22.7 Å². The molecule has 1 heterocycles. The summed E-state index contributed by atoms with van der Waals surface area (Å²) >= 11 is 0. The molecule has 1 aromatic carbocycles. The number of rotatable bonds is 5. The van der Waals surface area contributed by atoms with Gasteiger partial charge in [0.05, 0.1) is 11.5 Å². The highest BCUT2D eigenvalue weighted by Gasteiger charge is 2.28. The van der Waals surface area contributed by atoms with Crippen molar-refractivity contribution in [3.8, 4) is 0 Å². The zero-order valence-electron chi connectivity index (χ0n) is 16.8. The Morgan fingerprint density at radius 1 is 1.21 bits per heavy atom. The number of hydrogen-bond acceptors (Lipinski definition) is 5. The molecule has 0 saturated carbocycles. The van der Waals surface area contributed by atoms with E-state index in [-0.39, 0.29) is 22.8 Å². The minimum atomic E-state index is -3.68. The van der Waals surface area contributed by atoms with E-state index in [1.165, 1.54) is 12.1 Å². The van der Waals surface area contributed by atoms with Crippen LogP contribution in [-0.4, -0.2) is 50.6 Å². The van der Waals surface area contributed by atoms with Crippen LogP contribution in [0.25, 0.3) is 0 Å². The highest BCUT2D eigenvalue weighted by atomic mass is 32.2. The van der Waals surface area contributed by atoms with E-state index in [0.29, 0.717) is 38.2 Å². The lowest BCUT2D eigenvalue weighted by atomic mass is 9.96. The molecule has 1 aromatic rings. The summed E-state index contributed by atoms with van der Waals surface area (Å²) in [6, 6.07) is 6.18. The van der Waals surface area contributed by atoms with Crippen LogP contribution < -0.4 is 10.0 Å². The monoisotopic (exact) mass is 411 g/mol. The van der Waals surface area contributed by atoms with Gasteiger partial charge in [0.25, 0.3) is 0 Å². The molecule has 0 aromatic heterocycles. The molecule has 28 heavy (non-hydrogen) atoms. The summed E-state index contributed by atoms with van der Waals surface area (Å²) in [6.07, 6.45) is 0.716. The largest absolute Gasteiger partial charge is 0.450 e. The van der Waals surface area contributed by atoms with E-state index in [0.717, 1.165) is 0 Å². The van der Waals surface area contributed by atoms with Crippen molar-refractivity contribution in [1.82, 2.24) is 9.62 Å². The van der Waals surface area contributed by atoms with Crippen LogP contribution in [0.3, 0.4) is 0 Å². The van der Waals surface area contributed by atoms with Gasteiger partial charge in [-0.05, 0) is 58.7 Å². The van der Waals surface area contributed by atoms with Crippen LogP contribution in [0.1, 0.15) is 40.5 Å². The summed E-state index contributed by atoms with van der Waals surface area (Å²) in [5.41, 5.74) is -0.181. The van der Waals surface area contributed by atoms with E-state index in [2.05, 4.69) is 10.0 Å². The minimum absolute atomic E-state index is 0.0948. The molecule has 2 amide bonds. The molecule has 0 unspecified atom stereocenters. The van der Waals surface area contributed by atoms with Crippen molar-refractivity contribution in [3.05, 3.63) is 24.3 Å². The van der Waals surface area contributed by atoms with E-state index in [4.69, 9.17) is 4.74 Å². The Hall–Kier alpha value is -2.13. The maximum Gasteiger partial charge on any atom is 0.409 e. The molecule has 0 spiro atoms. The number of anilines is 1. The third kappa shape index (κ3) is 6.20. The molecule has 1 fully saturated rings. The lowest BCUT2D eigenvalue weighted by Gasteiger charge is -2.30. The highest BCUT2D eigenvalue weighted by Crippen LogP contribution is 2.22. The van der Waals surface area contributed by atoms with Crippen molar-refractivity contribution in [3.63, 3.8) is 0 Å². The topological polar surface area (TPSA) is 105 Å². The summed E-state index contributed by atoms with van der Waals surface area (Å²) in [6.45, 7) is 8.28. The molecule has 0 bridgehead atoms. The second kappa shape index (κ2) is 8.91. The molecule has 1 aliphatic heterocycles. The fourth-order valence-corrected chi connectivity index (χ4v) is 4.45. The van der Waals surface area contributed by atoms with Gasteiger partial charge in [-0.25, -0.2) is 17.9 Å². The number of benzene rings is 1. The van der Waals surface area contributed by atoms with Crippen LogP contribution in [0, 0.1) is 5.92 Å². The van der Waals surface area contributed by atoms with E-state index in [9.17, 15) is 18.0 Å². The van der Waals surface area contributed by atoms with E-state index in [1.54, 1.807) is 44.7 Å². The van der Waals surface area contributed by atoms with Crippen molar-refractivity contribution in [2.24, 2.45) is 5.92 Å². The van der Waals surface area contributed by atoms with E-state index in [1.807, 2.05) is 0 Å². The summed E-state index contributed by atoms with van der Waals surface area (Å²) in [5.74, 6) is -0.416. The Bertz CT molecular complexity index is 809. The van der Waals surface area contributed by atoms with Gasteiger partial charge in [0, 0.05) is 30.2 Å². The fourth-order valence-electron chi connectivity index (χ4n) is 2.99. The van der Waals surface area contributed by atoms with Gasteiger partial charge in [-0.1, -0.05) is 6.07 Å². The Morgan fingerprint density at radius 2 is 1.86 bits per heavy atom. The SMILES string of the molecule is CCOC(=O)N1CCC(C(=O)Nc2cccc(S(=O)(=O)NC(C)(C)C)c2)CC1. The first-order valence-electron chi connectivity index (χ1n) is 9.38. The molecule has 1 aliphatic rings. The number of amides is 2. The summed E-state index contributed by atoms with van der Waals surface area (Å²) in [5, 5.41) is 2.79. The third-order valence-corrected chi connectivity index (χ3v) is 6.00. The van der Waals surface area contributed by atoms with Gasteiger partial charge < -0.3 is 15.0 Å². The van der Waals surface area contributed by atoms with Crippen LogP contribution in [0.5, 0.6) is 0 Å². The lowest BCUT2D eigenvalue weighted by Crippen LogP contribution is -2.41. The first-order valence-corrected chi connectivity index (χ1v) is 10.9. The normalized spacial score (nSPS) is 15.9. The average molecular weight is 412 g/mol. The number of nitrogens with one attached hydrogen (secondary N) is 2. The maximum absolute atomic E-state index is 12.5. The van der Waals surface area contributed by atoms with Crippen LogP contribution in [-0.2, 0) is 19.6 Å². The molecular formula is C19H29N3O5S. The summed E-state index contributed by atoms with van der Waals surface area (Å²) < 4.78 is 32.5. The number of likely N-dealkylation sites (tertiary alicyclic amines) is 1. The fraction of sp³-hybridized carbons (Fsp3) is 0.579. The number of hydrogen-bond donors (Lipinski definition) is 2. The molecule has 1 saturated heterocycles. The van der Waals surface area contributed by atoms with Gasteiger partial charge in [0.2, 0.25) is 15.9 Å². The van der Waals surface area contributed by atoms with Gasteiger partial charge in [0.15, 0.2) is 0 Å². The Kier molecular flexibility index (Phi) is 7.06. The lowest BCUT2D eigenvalue weighted by molar-refractivity contribution is -0.121. The highest BCUT2D eigenvalue weighted by molar-refractivity contribution is 7.89. The van der Waals surface area contributed by atoms with Crippen LogP contribution in [0.4, 0.5) is 10.5 Å². The van der Waals surface area contributed by atoms with Crippen LogP contribution in [0.15, 0.2) is 29.2 Å². The van der Waals surface area contributed by atoms with Crippen molar-refractivity contribution >= 4 is 27.7 Å². The molecule has 2 rings (SSSR count). The second-order valence-corrected chi connectivity index (χ2v) is 9.52. The molecule has 9 heteroatoms. The summed E-state index contributed by atoms with van der Waals surface area (Å²) in [7, 11) is -3.68. The first kappa shape index (κ1) is 22.2. The van der Waals surface area contributed by atoms with Crippen LogP contribution >= 0.6 is 0 Å². The van der Waals surface area contributed by atoms with E-state index >= 15 is 0 Å². The predicted octanol–water partition coefficient (Wildman–Crippen LogP) is 2.57. The summed E-state index contributed by atoms with van der Waals surface area (Å²) in [4.78, 5) is 26.0. The zero-order valence-corrected chi connectivity index (χ0v) is 17.6. The molecule has 8 nitrogen and oxygen atoms in total. The van der Waals surface area contributed by atoms with Gasteiger partial charge in [-0.2, -0.15) is 0 Å². The molecule has 0 aliphatic carbocycles. The van der Waals surface area contributed by atoms with Gasteiger partial charge in [-0.15, -0.1) is 0 Å². The number of carbonyl (C=O) groups is 2. The number of sulfonamides is 1. The maximum atomic E-state index is 12.5.